The number of rotatable bonds is 4. The first-order valence-electron chi connectivity index (χ1n) is 6.98. The van der Waals surface area contributed by atoms with Crippen LogP contribution in [0.3, 0.4) is 0 Å². The number of anilines is 1. The van der Waals surface area contributed by atoms with Crippen LogP contribution in [0.1, 0.15) is 0 Å². The quantitative estimate of drug-likeness (QED) is 0.666. The Morgan fingerprint density at radius 2 is 1.95 bits per heavy atom. The van der Waals surface area contributed by atoms with Crippen molar-refractivity contribution in [1.29, 1.82) is 0 Å². The summed E-state index contributed by atoms with van der Waals surface area (Å²) in [5, 5.41) is 5.85. The summed E-state index contributed by atoms with van der Waals surface area (Å²) < 4.78 is 10.6. The first-order valence-corrected chi connectivity index (χ1v) is 7.39. The normalized spacial score (nSPS) is 16.3. The monoisotopic (exact) mass is 311 g/mol. The van der Waals surface area contributed by atoms with Gasteiger partial charge in [0.05, 0.1) is 53.1 Å². The Labute approximate surface area is 131 Å². The number of piperazine rings is 1. The molecule has 7 heteroatoms. The topological polar surface area (TPSA) is 50.2 Å². The van der Waals surface area contributed by atoms with Crippen LogP contribution in [0.2, 0.25) is 0 Å². The maximum Gasteiger partial charge on any atom is 0.185 e. The molecule has 0 aromatic heterocycles. The SMILES string of the molecule is COc1ccc(OC)c(NC(=S)NN2CC[NH+](C)CC2)c1. The van der Waals surface area contributed by atoms with Gasteiger partial charge in [0.15, 0.2) is 5.11 Å². The predicted molar refractivity (Wildman–Crippen MR) is 87.1 cm³/mol. The highest BCUT2D eigenvalue weighted by atomic mass is 32.1. The van der Waals surface area contributed by atoms with E-state index in [0.717, 1.165) is 43.4 Å². The summed E-state index contributed by atoms with van der Waals surface area (Å²) in [4.78, 5) is 1.54. The summed E-state index contributed by atoms with van der Waals surface area (Å²) in [7, 11) is 5.47. The lowest BCUT2D eigenvalue weighted by Crippen LogP contribution is -3.12. The van der Waals surface area contributed by atoms with Gasteiger partial charge in [-0.1, -0.05) is 0 Å². The third kappa shape index (κ3) is 4.45. The van der Waals surface area contributed by atoms with Crippen LogP contribution in [0.5, 0.6) is 11.5 Å². The van der Waals surface area contributed by atoms with Crippen molar-refractivity contribution in [2.24, 2.45) is 0 Å². The van der Waals surface area contributed by atoms with E-state index in [1.807, 2.05) is 18.2 Å². The van der Waals surface area contributed by atoms with Crippen molar-refractivity contribution in [2.45, 2.75) is 0 Å². The minimum absolute atomic E-state index is 0.557. The fourth-order valence-electron chi connectivity index (χ4n) is 2.21. The zero-order chi connectivity index (χ0) is 15.2. The molecule has 0 atom stereocenters. The number of thiocarbonyl (C=S) groups is 1. The summed E-state index contributed by atoms with van der Waals surface area (Å²) in [6.45, 7) is 4.17. The highest BCUT2D eigenvalue weighted by molar-refractivity contribution is 7.80. The lowest BCUT2D eigenvalue weighted by molar-refractivity contribution is -0.884. The Kier molecular flexibility index (Phi) is 5.60. The molecule has 1 saturated heterocycles. The van der Waals surface area contributed by atoms with E-state index in [4.69, 9.17) is 21.7 Å². The van der Waals surface area contributed by atoms with E-state index in [1.54, 1.807) is 19.1 Å². The van der Waals surface area contributed by atoms with Crippen LogP contribution in [0.25, 0.3) is 0 Å². The van der Waals surface area contributed by atoms with E-state index >= 15 is 0 Å². The first-order chi connectivity index (χ1) is 10.1. The molecule has 0 aliphatic carbocycles. The van der Waals surface area contributed by atoms with Gasteiger partial charge in [-0.05, 0) is 24.4 Å². The number of nitrogens with one attached hydrogen (secondary N) is 3. The second-order valence-corrected chi connectivity index (χ2v) is 5.48. The summed E-state index contributed by atoms with van der Waals surface area (Å²) in [5.41, 5.74) is 4.01. The Balaban J connectivity index is 1.95. The zero-order valence-corrected chi connectivity index (χ0v) is 13.5. The molecule has 1 aliphatic rings. The van der Waals surface area contributed by atoms with Crippen LogP contribution in [0.15, 0.2) is 18.2 Å². The van der Waals surface area contributed by atoms with E-state index in [-0.39, 0.29) is 0 Å². The molecule has 116 valence electrons. The van der Waals surface area contributed by atoms with Crippen LogP contribution in [0.4, 0.5) is 5.69 Å². The second kappa shape index (κ2) is 7.44. The van der Waals surface area contributed by atoms with Crippen LogP contribution in [0, 0.1) is 0 Å². The second-order valence-electron chi connectivity index (χ2n) is 5.08. The molecule has 0 amide bonds. The van der Waals surface area contributed by atoms with Gasteiger partial charge in [0.2, 0.25) is 0 Å². The summed E-state index contributed by atoms with van der Waals surface area (Å²) in [6, 6.07) is 5.56. The summed E-state index contributed by atoms with van der Waals surface area (Å²) in [6.07, 6.45) is 0. The van der Waals surface area contributed by atoms with Crippen molar-refractivity contribution in [3.63, 3.8) is 0 Å². The molecule has 0 radical (unpaired) electrons. The number of quaternary nitrogens is 1. The number of ether oxygens (including phenoxy) is 2. The van der Waals surface area contributed by atoms with Gasteiger partial charge in [-0.15, -0.1) is 0 Å². The van der Waals surface area contributed by atoms with E-state index < -0.39 is 0 Å². The van der Waals surface area contributed by atoms with Crippen molar-refractivity contribution >= 4 is 23.0 Å². The third-order valence-electron chi connectivity index (χ3n) is 3.53. The fraction of sp³-hybridized carbons (Fsp3) is 0.500. The first kappa shape index (κ1) is 15.8. The van der Waals surface area contributed by atoms with E-state index in [0.29, 0.717) is 5.11 Å². The van der Waals surface area contributed by atoms with Crippen molar-refractivity contribution in [3.8, 4) is 11.5 Å². The number of methoxy groups -OCH3 is 2. The molecule has 0 saturated carbocycles. The predicted octanol–water partition coefficient (Wildman–Crippen LogP) is -0.264. The van der Waals surface area contributed by atoms with Crippen LogP contribution < -0.4 is 25.1 Å². The van der Waals surface area contributed by atoms with Gasteiger partial charge in [-0.25, -0.2) is 5.01 Å². The lowest BCUT2D eigenvalue weighted by Gasteiger charge is -2.31. The Bertz CT molecular complexity index is 490. The molecule has 1 aromatic rings. The highest BCUT2D eigenvalue weighted by Gasteiger charge is 2.17. The molecule has 21 heavy (non-hydrogen) atoms. The number of benzene rings is 1. The van der Waals surface area contributed by atoms with Gasteiger partial charge < -0.3 is 19.7 Å². The van der Waals surface area contributed by atoms with Gasteiger partial charge in [-0.3, -0.25) is 5.43 Å². The minimum Gasteiger partial charge on any atom is -0.497 e. The molecule has 3 N–H and O–H groups in total. The lowest BCUT2D eigenvalue weighted by atomic mass is 10.2. The maximum atomic E-state index is 5.37. The van der Waals surface area contributed by atoms with Crippen molar-refractivity contribution in [3.05, 3.63) is 18.2 Å². The molecule has 1 fully saturated rings. The van der Waals surface area contributed by atoms with Gasteiger partial charge in [-0.2, -0.15) is 0 Å². The van der Waals surface area contributed by atoms with Gasteiger partial charge in [0.1, 0.15) is 11.5 Å². The van der Waals surface area contributed by atoms with Crippen molar-refractivity contribution in [1.82, 2.24) is 10.4 Å². The molecule has 1 heterocycles. The Morgan fingerprint density at radius 1 is 1.24 bits per heavy atom. The molecule has 2 rings (SSSR count). The maximum absolute atomic E-state index is 5.37. The van der Waals surface area contributed by atoms with Crippen LogP contribution >= 0.6 is 12.2 Å². The third-order valence-corrected chi connectivity index (χ3v) is 3.72. The number of nitrogens with zero attached hydrogens (tertiary/aromatic N) is 1. The smallest absolute Gasteiger partial charge is 0.185 e. The summed E-state index contributed by atoms with van der Waals surface area (Å²) >= 11 is 5.37. The Hall–Kier alpha value is -1.57. The van der Waals surface area contributed by atoms with Crippen molar-refractivity contribution < 1.29 is 14.4 Å². The molecule has 0 bridgehead atoms. The highest BCUT2D eigenvalue weighted by Crippen LogP contribution is 2.28. The van der Waals surface area contributed by atoms with Crippen LogP contribution in [-0.2, 0) is 0 Å². The number of hydrogen-bond acceptors (Lipinski definition) is 4. The molecular formula is C14H23N4O2S+. The molecule has 6 nitrogen and oxygen atoms in total. The molecule has 0 spiro atoms. The molecule has 1 aliphatic heterocycles. The standard InChI is InChI=1S/C14H22N4O2S/c1-17-6-8-18(9-7-17)16-14(21)15-12-10-11(19-2)4-5-13(12)20-3/h4-5,10H,6-9H2,1-3H3,(H2,15,16,21)/p+1. The number of hydrazine groups is 1. The van der Waals surface area contributed by atoms with E-state index in [2.05, 4.69) is 22.8 Å². The van der Waals surface area contributed by atoms with Gasteiger partial charge in [0.25, 0.3) is 0 Å². The molecular weight excluding hydrogens is 288 g/mol. The Morgan fingerprint density at radius 3 is 2.57 bits per heavy atom. The number of hydrogen-bond donors (Lipinski definition) is 3. The molecule has 0 unspecified atom stereocenters. The molecule has 1 aromatic carbocycles. The van der Waals surface area contributed by atoms with E-state index in [1.165, 1.54) is 0 Å². The van der Waals surface area contributed by atoms with Crippen LogP contribution in [-0.4, -0.2) is 57.6 Å². The summed E-state index contributed by atoms with van der Waals surface area (Å²) in [5.74, 6) is 1.48. The van der Waals surface area contributed by atoms with Crippen molar-refractivity contribution in [2.75, 3.05) is 52.8 Å². The zero-order valence-electron chi connectivity index (χ0n) is 12.7. The average molecular weight is 311 g/mol. The van der Waals surface area contributed by atoms with E-state index in [9.17, 15) is 0 Å². The minimum atomic E-state index is 0.557. The fourth-order valence-corrected chi connectivity index (χ4v) is 2.44. The largest absolute Gasteiger partial charge is 0.497 e. The average Bonchev–Trinajstić information content (AvgIpc) is 2.49. The number of likely N-dealkylation sites (N-methyl/N-ethyl adjacent to an activating group) is 1. The van der Waals surface area contributed by atoms with Gasteiger partial charge >= 0.3 is 0 Å². The van der Waals surface area contributed by atoms with Gasteiger partial charge in [0, 0.05) is 6.07 Å².